The number of amides is 1. The minimum absolute atomic E-state index is 0.296. The number of fused-ring (bicyclic) bond motifs is 1. The molecule has 25 heavy (non-hydrogen) atoms. The molecule has 5 heteroatoms. The predicted octanol–water partition coefficient (Wildman–Crippen LogP) is 3.06. The van der Waals surface area contributed by atoms with Crippen LogP contribution in [0.25, 0.3) is 5.57 Å². The van der Waals surface area contributed by atoms with E-state index in [0.717, 1.165) is 43.9 Å². The molecule has 0 aliphatic carbocycles. The number of anilines is 1. The van der Waals surface area contributed by atoms with Crippen molar-refractivity contribution in [3.63, 3.8) is 0 Å². The zero-order chi connectivity index (χ0) is 17.2. The summed E-state index contributed by atoms with van der Waals surface area (Å²) in [7, 11) is 0. The van der Waals surface area contributed by atoms with Gasteiger partial charge in [0.05, 0.1) is 0 Å². The third-order valence-electron chi connectivity index (χ3n) is 4.74. The minimum atomic E-state index is -0.348. The summed E-state index contributed by atoms with van der Waals surface area (Å²) in [5, 5.41) is 9.34. The molecule has 0 atom stereocenters. The number of carbonyl (C=O) groups excluding carboxylic acids is 1. The van der Waals surface area contributed by atoms with E-state index in [2.05, 4.69) is 16.0 Å². The summed E-state index contributed by atoms with van der Waals surface area (Å²) in [6, 6.07) is 10.6. The van der Waals surface area contributed by atoms with Crippen molar-refractivity contribution in [1.29, 1.82) is 0 Å². The Hall–Kier alpha value is -2.50. The molecule has 0 aromatic heterocycles. The molecule has 1 amide bonds. The van der Waals surface area contributed by atoms with E-state index in [1.54, 1.807) is 12.1 Å². The van der Waals surface area contributed by atoms with E-state index in [4.69, 9.17) is 0 Å². The van der Waals surface area contributed by atoms with Gasteiger partial charge in [-0.1, -0.05) is 18.2 Å². The maximum Gasteiger partial charge on any atom is 0.255 e. The lowest BCUT2D eigenvalue weighted by atomic mass is 9.98. The van der Waals surface area contributed by atoms with Crippen LogP contribution in [0.3, 0.4) is 0 Å². The lowest BCUT2D eigenvalue weighted by Gasteiger charge is -2.15. The Kier molecular flexibility index (Phi) is 4.34. The molecule has 0 saturated carbocycles. The molecule has 0 spiro atoms. The van der Waals surface area contributed by atoms with Gasteiger partial charge in [0.1, 0.15) is 5.82 Å². The van der Waals surface area contributed by atoms with Crippen LogP contribution in [0.2, 0.25) is 0 Å². The molecule has 2 aromatic rings. The van der Waals surface area contributed by atoms with Gasteiger partial charge in [-0.15, -0.1) is 0 Å². The molecule has 0 fully saturated rings. The van der Waals surface area contributed by atoms with E-state index in [0.29, 0.717) is 11.1 Å². The molecule has 2 heterocycles. The highest BCUT2D eigenvalue weighted by atomic mass is 19.1. The fourth-order valence-corrected chi connectivity index (χ4v) is 3.36. The average Bonchev–Trinajstić information content (AvgIpc) is 3.10. The molecule has 128 valence electrons. The van der Waals surface area contributed by atoms with Gasteiger partial charge >= 0.3 is 0 Å². The fourth-order valence-electron chi connectivity index (χ4n) is 3.36. The van der Waals surface area contributed by atoms with Gasteiger partial charge in [-0.3, -0.25) is 4.79 Å². The molecular weight excluding hydrogens is 317 g/mol. The van der Waals surface area contributed by atoms with Gasteiger partial charge in [0, 0.05) is 36.4 Å². The van der Waals surface area contributed by atoms with Crippen LogP contribution in [0.1, 0.15) is 33.5 Å². The summed E-state index contributed by atoms with van der Waals surface area (Å²) in [4.78, 5) is 12.4. The highest BCUT2D eigenvalue weighted by Gasteiger charge is 2.15. The van der Waals surface area contributed by atoms with Crippen LogP contribution in [-0.4, -0.2) is 19.0 Å². The SMILES string of the molecule is O=C(Nc1ccc2c(c1)CNC2)c1ccc(C2=CCNCC2)c(F)c1. The Morgan fingerprint density at radius 2 is 1.92 bits per heavy atom. The Bertz CT molecular complexity index is 860. The zero-order valence-corrected chi connectivity index (χ0v) is 13.9. The summed E-state index contributed by atoms with van der Waals surface area (Å²) in [5.41, 5.74) is 5.09. The molecule has 0 radical (unpaired) electrons. The summed E-state index contributed by atoms with van der Waals surface area (Å²) >= 11 is 0. The van der Waals surface area contributed by atoms with E-state index < -0.39 is 0 Å². The van der Waals surface area contributed by atoms with Crippen LogP contribution in [0.5, 0.6) is 0 Å². The maximum atomic E-state index is 14.5. The van der Waals surface area contributed by atoms with Crippen LogP contribution in [0.15, 0.2) is 42.5 Å². The zero-order valence-electron chi connectivity index (χ0n) is 13.9. The van der Waals surface area contributed by atoms with Crippen molar-refractivity contribution in [3.8, 4) is 0 Å². The van der Waals surface area contributed by atoms with Crippen molar-refractivity contribution in [2.24, 2.45) is 0 Å². The lowest BCUT2D eigenvalue weighted by molar-refractivity contribution is 0.102. The van der Waals surface area contributed by atoms with Crippen molar-refractivity contribution in [3.05, 3.63) is 70.5 Å². The molecule has 0 saturated heterocycles. The second kappa shape index (κ2) is 6.78. The summed E-state index contributed by atoms with van der Waals surface area (Å²) in [6.07, 6.45) is 2.80. The summed E-state index contributed by atoms with van der Waals surface area (Å²) < 4.78 is 14.5. The third kappa shape index (κ3) is 3.34. The molecule has 2 aliphatic rings. The van der Waals surface area contributed by atoms with Crippen LogP contribution in [0, 0.1) is 5.82 Å². The number of rotatable bonds is 3. The van der Waals surface area contributed by atoms with Gasteiger partial charge in [-0.25, -0.2) is 4.39 Å². The van der Waals surface area contributed by atoms with Crippen molar-refractivity contribution in [2.75, 3.05) is 18.4 Å². The van der Waals surface area contributed by atoms with E-state index in [1.165, 1.54) is 17.2 Å². The number of halogens is 1. The molecular formula is C20H20FN3O. The maximum absolute atomic E-state index is 14.5. The van der Waals surface area contributed by atoms with Gasteiger partial charge in [-0.2, -0.15) is 0 Å². The smallest absolute Gasteiger partial charge is 0.255 e. The topological polar surface area (TPSA) is 53.2 Å². The third-order valence-corrected chi connectivity index (χ3v) is 4.74. The molecule has 3 N–H and O–H groups in total. The van der Waals surface area contributed by atoms with Crippen LogP contribution >= 0.6 is 0 Å². The summed E-state index contributed by atoms with van der Waals surface area (Å²) in [6.45, 7) is 3.28. The van der Waals surface area contributed by atoms with Crippen LogP contribution in [0.4, 0.5) is 10.1 Å². The molecule has 4 rings (SSSR count). The Morgan fingerprint density at radius 1 is 1.04 bits per heavy atom. The van der Waals surface area contributed by atoms with Crippen molar-refractivity contribution in [2.45, 2.75) is 19.5 Å². The quantitative estimate of drug-likeness (QED) is 0.807. The number of hydrogen-bond donors (Lipinski definition) is 3. The van der Waals surface area contributed by atoms with E-state index in [1.807, 2.05) is 24.3 Å². The fraction of sp³-hybridized carbons (Fsp3) is 0.250. The number of carbonyl (C=O) groups is 1. The first kappa shape index (κ1) is 16.0. The van der Waals surface area contributed by atoms with E-state index in [9.17, 15) is 9.18 Å². The van der Waals surface area contributed by atoms with Crippen LogP contribution in [-0.2, 0) is 13.1 Å². The number of nitrogens with one attached hydrogen (secondary N) is 3. The highest BCUT2D eigenvalue weighted by Crippen LogP contribution is 2.24. The minimum Gasteiger partial charge on any atom is -0.322 e. The Labute approximate surface area is 146 Å². The number of benzene rings is 2. The standard InChI is InChI=1S/C20H20FN3O/c21-19-10-14(2-4-18(19)13-5-7-22-8-6-13)20(25)24-17-3-1-15-11-23-12-16(15)9-17/h1-5,9-10,22-23H,6-8,11-12H2,(H,24,25). The Balaban J connectivity index is 1.52. The first-order chi connectivity index (χ1) is 12.2. The second-order valence-corrected chi connectivity index (χ2v) is 6.42. The summed E-state index contributed by atoms with van der Waals surface area (Å²) in [5.74, 6) is -0.644. The van der Waals surface area contributed by atoms with Gasteiger partial charge in [0.15, 0.2) is 0 Å². The monoisotopic (exact) mass is 337 g/mol. The second-order valence-electron chi connectivity index (χ2n) is 6.42. The highest BCUT2D eigenvalue weighted by molar-refractivity contribution is 6.04. The Morgan fingerprint density at radius 3 is 2.72 bits per heavy atom. The predicted molar refractivity (Wildman–Crippen MR) is 96.8 cm³/mol. The van der Waals surface area contributed by atoms with Gasteiger partial charge in [0.2, 0.25) is 0 Å². The molecule has 4 nitrogen and oxygen atoms in total. The normalized spacial score (nSPS) is 16.3. The van der Waals surface area contributed by atoms with Gasteiger partial charge in [0.25, 0.3) is 5.91 Å². The van der Waals surface area contributed by atoms with Crippen LogP contribution < -0.4 is 16.0 Å². The molecule has 0 bridgehead atoms. The van der Waals surface area contributed by atoms with Crippen molar-refractivity contribution < 1.29 is 9.18 Å². The lowest BCUT2D eigenvalue weighted by Crippen LogP contribution is -2.20. The largest absolute Gasteiger partial charge is 0.322 e. The van der Waals surface area contributed by atoms with E-state index >= 15 is 0 Å². The molecule has 2 aromatic carbocycles. The average molecular weight is 337 g/mol. The van der Waals surface area contributed by atoms with Crippen molar-refractivity contribution in [1.82, 2.24) is 10.6 Å². The van der Waals surface area contributed by atoms with Gasteiger partial charge in [-0.05, 0) is 53.9 Å². The van der Waals surface area contributed by atoms with E-state index in [-0.39, 0.29) is 11.7 Å². The van der Waals surface area contributed by atoms with Crippen molar-refractivity contribution >= 4 is 17.2 Å². The van der Waals surface area contributed by atoms with Gasteiger partial charge < -0.3 is 16.0 Å². The molecule has 0 unspecified atom stereocenters. The number of hydrogen-bond acceptors (Lipinski definition) is 3. The first-order valence-electron chi connectivity index (χ1n) is 8.54. The first-order valence-corrected chi connectivity index (χ1v) is 8.54. The molecule has 2 aliphatic heterocycles.